The molecule has 0 aliphatic carbocycles. The average molecular weight is 400 g/mol. The number of furan rings is 1. The number of para-hydroxylation sites is 1. The largest absolute Gasteiger partial charge is 0.451 e. The van der Waals surface area contributed by atoms with Gasteiger partial charge in [0, 0.05) is 28.6 Å². The van der Waals surface area contributed by atoms with Gasteiger partial charge in [0.25, 0.3) is 0 Å². The Bertz CT molecular complexity index is 1050. The number of rotatable bonds is 6. The Balaban J connectivity index is 1.66. The molecule has 1 aromatic heterocycles. The highest BCUT2D eigenvalue weighted by Gasteiger charge is 2.21. The van der Waals surface area contributed by atoms with Crippen LogP contribution < -0.4 is 5.32 Å². The highest BCUT2D eigenvalue weighted by Crippen LogP contribution is 2.31. The number of esters is 1. The SMILES string of the molecule is CCC(=O)Nc1ccc(C(=O)COC(=O)c2oc3c(Cl)cccc3c2C)cc1. The summed E-state index contributed by atoms with van der Waals surface area (Å²) in [4.78, 5) is 36.0. The minimum atomic E-state index is -0.732. The summed E-state index contributed by atoms with van der Waals surface area (Å²) < 4.78 is 10.6. The van der Waals surface area contributed by atoms with Gasteiger partial charge in [0.05, 0.1) is 5.02 Å². The molecular formula is C21H18ClNO5. The Hall–Kier alpha value is -3.12. The van der Waals surface area contributed by atoms with E-state index in [9.17, 15) is 14.4 Å². The number of aryl methyl sites for hydroxylation is 1. The van der Waals surface area contributed by atoms with Crippen molar-refractivity contribution in [2.75, 3.05) is 11.9 Å². The Morgan fingerprint density at radius 3 is 2.46 bits per heavy atom. The number of anilines is 1. The van der Waals surface area contributed by atoms with Crippen LogP contribution in [0, 0.1) is 6.92 Å². The van der Waals surface area contributed by atoms with E-state index in [1.165, 1.54) is 0 Å². The Labute approximate surface area is 166 Å². The monoisotopic (exact) mass is 399 g/mol. The molecule has 0 saturated heterocycles. The molecule has 2 aromatic carbocycles. The van der Waals surface area contributed by atoms with Gasteiger partial charge in [0.2, 0.25) is 11.7 Å². The molecule has 0 aliphatic rings. The van der Waals surface area contributed by atoms with Crippen LogP contribution in [0.5, 0.6) is 0 Å². The van der Waals surface area contributed by atoms with Crippen molar-refractivity contribution in [3.05, 3.63) is 64.4 Å². The molecule has 7 heteroatoms. The number of Topliss-reactive ketones (excluding diaryl/α,β-unsaturated/α-hetero) is 1. The van der Waals surface area contributed by atoms with Crippen molar-refractivity contribution in [1.29, 1.82) is 0 Å². The highest BCUT2D eigenvalue weighted by molar-refractivity contribution is 6.35. The van der Waals surface area contributed by atoms with Crippen molar-refractivity contribution in [3.8, 4) is 0 Å². The van der Waals surface area contributed by atoms with Gasteiger partial charge in [-0.1, -0.05) is 30.7 Å². The third-order valence-corrected chi connectivity index (χ3v) is 4.54. The van der Waals surface area contributed by atoms with Crippen LogP contribution in [-0.4, -0.2) is 24.3 Å². The van der Waals surface area contributed by atoms with E-state index in [4.69, 9.17) is 20.8 Å². The maximum Gasteiger partial charge on any atom is 0.375 e. The summed E-state index contributed by atoms with van der Waals surface area (Å²) in [5.41, 5.74) is 1.97. The maximum absolute atomic E-state index is 12.3. The van der Waals surface area contributed by atoms with Crippen LogP contribution in [0.1, 0.15) is 39.8 Å². The summed E-state index contributed by atoms with van der Waals surface area (Å²) in [6.07, 6.45) is 0.364. The Kier molecular flexibility index (Phi) is 5.80. The minimum Gasteiger partial charge on any atom is -0.451 e. The summed E-state index contributed by atoms with van der Waals surface area (Å²) >= 11 is 6.08. The van der Waals surface area contributed by atoms with Crippen molar-refractivity contribution in [1.82, 2.24) is 0 Å². The maximum atomic E-state index is 12.3. The number of hydrogen-bond acceptors (Lipinski definition) is 5. The van der Waals surface area contributed by atoms with Gasteiger partial charge < -0.3 is 14.5 Å². The van der Waals surface area contributed by atoms with Gasteiger partial charge in [0.15, 0.2) is 18.0 Å². The van der Waals surface area contributed by atoms with Gasteiger partial charge >= 0.3 is 5.97 Å². The second-order valence-corrected chi connectivity index (χ2v) is 6.56. The molecule has 28 heavy (non-hydrogen) atoms. The third-order valence-electron chi connectivity index (χ3n) is 4.25. The third kappa shape index (κ3) is 4.07. The van der Waals surface area contributed by atoms with Crippen LogP contribution in [-0.2, 0) is 9.53 Å². The number of ketones is 1. The van der Waals surface area contributed by atoms with E-state index in [2.05, 4.69) is 5.32 Å². The number of fused-ring (bicyclic) bond motifs is 1. The molecule has 0 fully saturated rings. The Morgan fingerprint density at radius 2 is 1.82 bits per heavy atom. The summed E-state index contributed by atoms with van der Waals surface area (Å²) in [7, 11) is 0. The number of nitrogens with one attached hydrogen (secondary N) is 1. The Morgan fingerprint density at radius 1 is 1.11 bits per heavy atom. The molecule has 0 spiro atoms. The standard InChI is InChI=1S/C21H18ClNO5/c1-3-18(25)23-14-9-7-13(8-10-14)17(24)11-27-21(26)19-12(2)15-5-4-6-16(22)20(15)28-19/h4-10H,3,11H2,1-2H3,(H,23,25). The normalized spacial score (nSPS) is 10.7. The number of carbonyl (C=O) groups excluding carboxylic acids is 3. The molecular weight excluding hydrogens is 382 g/mol. The number of hydrogen-bond donors (Lipinski definition) is 1. The number of halogens is 1. The van der Waals surface area contributed by atoms with Crippen LogP contribution in [0.4, 0.5) is 5.69 Å². The first-order valence-electron chi connectivity index (χ1n) is 8.68. The predicted octanol–water partition coefficient (Wildman–Crippen LogP) is 4.78. The molecule has 3 aromatic rings. The predicted molar refractivity (Wildman–Crippen MR) is 106 cm³/mol. The van der Waals surface area contributed by atoms with Crippen LogP contribution in [0.15, 0.2) is 46.9 Å². The zero-order valence-electron chi connectivity index (χ0n) is 15.4. The quantitative estimate of drug-likeness (QED) is 0.476. The topological polar surface area (TPSA) is 85.6 Å². The summed E-state index contributed by atoms with van der Waals surface area (Å²) in [5, 5.41) is 3.81. The van der Waals surface area contributed by atoms with Crippen molar-refractivity contribution in [2.24, 2.45) is 0 Å². The fraction of sp³-hybridized carbons (Fsp3) is 0.190. The van der Waals surface area contributed by atoms with Crippen LogP contribution in [0.3, 0.4) is 0 Å². The molecule has 0 bridgehead atoms. The van der Waals surface area contributed by atoms with Gasteiger partial charge in [-0.25, -0.2) is 4.79 Å². The molecule has 144 valence electrons. The van der Waals surface area contributed by atoms with E-state index in [1.54, 1.807) is 56.3 Å². The summed E-state index contributed by atoms with van der Waals surface area (Å²) in [6, 6.07) is 11.6. The molecule has 1 amide bonds. The fourth-order valence-electron chi connectivity index (χ4n) is 2.67. The molecule has 1 N–H and O–H groups in total. The number of ether oxygens (including phenoxy) is 1. The molecule has 3 rings (SSSR count). The van der Waals surface area contributed by atoms with Gasteiger partial charge in [-0.3, -0.25) is 9.59 Å². The lowest BCUT2D eigenvalue weighted by Gasteiger charge is -2.06. The summed E-state index contributed by atoms with van der Waals surface area (Å²) in [6.45, 7) is 3.05. The van der Waals surface area contributed by atoms with Crippen molar-refractivity contribution >= 4 is 45.9 Å². The van der Waals surface area contributed by atoms with Crippen molar-refractivity contribution in [2.45, 2.75) is 20.3 Å². The van der Waals surface area contributed by atoms with Gasteiger partial charge in [0.1, 0.15) is 0 Å². The first-order chi connectivity index (χ1) is 13.4. The van der Waals surface area contributed by atoms with E-state index in [-0.39, 0.29) is 17.5 Å². The van der Waals surface area contributed by atoms with Crippen LogP contribution in [0.25, 0.3) is 11.0 Å². The van der Waals surface area contributed by atoms with E-state index in [0.29, 0.717) is 33.8 Å². The second kappa shape index (κ2) is 8.27. The molecule has 6 nitrogen and oxygen atoms in total. The number of amides is 1. The zero-order chi connectivity index (χ0) is 20.3. The number of benzene rings is 2. The average Bonchev–Trinajstić information content (AvgIpc) is 3.04. The summed E-state index contributed by atoms with van der Waals surface area (Å²) in [5.74, 6) is -1.19. The first kappa shape index (κ1) is 19.6. The van der Waals surface area contributed by atoms with E-state index in [1.807, 2.05) is 0 Å². The van der Waals surface area contributed by atoms with Gasteiger partial charge in [-0.05, 0) is 37.3 Å². The molecule has 1 heterocycles. The number of carbonyl (C=O) groups is 3. The van der Waals surface area contributed by atoms with Crippen molar-refractivity contribution in [3.63, 3.8) is 0 Å². The van der Waals surface area contributed by atoms with Gasteiger partial charge in [-0.15, -0.1) is 0 Å². The van der Waals surface area contributed by atoms with E-state index < -0.39 is 12.6 Å². The fourth-order valence-corrected chi connectivity index (χ4v) is 2.89. The molecule has 0 saturated carbocycles. The first-order valence-corrected chi connectivity index (χ1v) is 9.06. The zero-order valence-corrected chi connectivity index (χ0v) is 16.1. The molecule has 0 unspecified atom stereocenters. The molecule has 0 radical (unpaired) electrons. The van der Waals surface area contributed by atoms with E-state index in [0.717, 1.165) is 5.39 Å². The highest BCUT2D eigenvalue weighted by atomic mass is 35.5. The van der Waals surface area contributed by atoms with Crippen LogP contribution >= 0.6 is 11.6 Å². The smallest absolute Gasteiger partial charge is 0.375 e. The molecule has 0 atom stereocenters. The lowest BCUT2D eigenvalue weighted by atomic mass is 10.1. The minimum absolute atomic E-state index is 0.0218. The lowest BCUT2D eigenvalue weighted by molar-refractivity contribution is -0.115. The van der Waals surface area contributed by atoms with E-state index >= 15 is 0 Å². The van der Waals surface area contributed by atoms with Crippen LogP contribution in [0.2, 0.25) is 5.02 Å². The lowest BCUT2D eigenvalue weighted by Crippen LogP contribution is -2.15. The molecule has 0 aliphatic heterocycles. The van der Waals surface area contributed by atoms with Gasteiger partial charge in [-0.2, -0.15) is 0 Å². The van der Waals surface area contributed by atoms with Crippen molar-refractivity contribution < 1.29 is 23.5 Å². The second-order valence-electron chi connectivity index (χ2n) is 6.15.